The van der Waals surface area contributed by atoms with E-state index in [9.17, 15) is 4.79 Å². The van der Waals surface area contributed by atoms with E-state index in [1.807, 2.05) is 12.1 Å². The van der Waals surface area contributed by atoms with E-state index in [1.54, 1.807) is 12.1 Å². The molecular formula is C9H7NO2S. The Morgan fingerprint density at radius 1 is 1.38 bits per heavy atom. The van der Waals surface area contributed by atoms with Crippen molar-refractivity contribution in [2.24, 2.45) is 5.16 Å². The minimum absolute atomic E-state index is 0.170. The number of rotatable bonds is 0. The molecule has 0 saturated carbocycles. The van der Waals surface area contributed by atoms with Crippen LogP contribution in [0.5, 0.6) is 0 Å². The number of fused-ring (bicyclic) bond motifs is 1. The largest absolute Gasteiger partial charge is 0.411 e. The third-order valence-electron chi connectivity index (χ3n) is 1.88. The van der Waals surface area contributed by atoms with Gasteiger partial charge < -0.3 is 5.21 Å². The molecule has 0 amide bonds. The van der Waals surface area contributed by atoms with Crippen molar-refractivity contribution >= 4 is 23.3 Å². The van der Waals surface area contributed by atoms with E-state index in [0.717, 1.165) is 4.90 Å². The van der Waals surface area contributed by atoms with Gasteiger partial charge in [0.15, 0.2) is 0 Å². The molecule has 66 valence electrons. The highest BCUT2D eigenvalue weighted by atomic mass is 32.2. The standard InChI is InChI=1S/C9H7NO2S/c11-9-6-3-1-2-4-8(6)13-5-7(9)10-12/h1-4,12H,5H2. The van der Waals surface area contributed by atoms with Gasteiger partial charge in [0.1, 0.15) is 5.71 Å². The fourth-order valence-electron chi connectivity index (χ4n) is 1.22. The van der Waals surface area contributed by atoms with Crippen LogP contribution in [-0.2, 0) is 0 Å². The number of ketones is 1. The number of nitrogens with zero attached hydrogens (tertiary/aromatic N) is 1. The van der Waals surface area contributed by atoms with Crippen molar-refractivity contribution in [2.75, 3.05) is 5.75 Å². The first-order chi connectivity index (χ1) is 6.33. The summed E-state index contributed by atoms with van der Waals surface area (Å²) in [5.41, 5.74) is 0.857. The van der Waals surface area contributed by atoms with Crippen LogP contribution in [0.25, 0.3) is 0 Å². The van der Waals surface area contributed by atoms with Crippen LogP contribution in [0.1, 0.15) is 10.4 Å². The molecule has 1 N–H and O–H groups in total. The molecule has 3 nitrogen and oxygen atoms in total. The van der Waals surface area contributed by atoms with Gasteiger partial charge in [-0.2, -0.15) is 0 Å². The molecule has 1 aromatic carbocycles. The molecule has 0 spiro atoms. The molecule has 1 aromatic rings. The smallest absolute Gasteiger partial charge is 0.212 e. The molecular weight excluding hydrogens is 186 g/mol. The Balaban J connectivity index is 2.51. The molecule has 1 aliphatic heterocycles. The second-order valence-corrected chi connectivity index (χ2v) is 3.68. The lowest BCUT2D eigenvalue weighted by Crippen LogP contribution is -2.21. The second-order valence-electron chi connectivity index (χ2n) is 2.66. The Kier molecular flexibility index (Phi) is 2.06. The van der Waals surface area contributed by atoms with Crippen molar-refractivity contribution in [2.45, 2.75) is 4.90 Å². The SMILES string of the molecule is O=C1C(=NO)CSc2ccccc21. The number of oxime groups is 1. The van der Waals surface area contributed by atoms with Gasteiger partial charge in [-0.05, 0) is 12.1 Å². The fraction of sp³-hybridized carbons (Fsp3) is 0.111. The van der Waals surface area contributed by atoms with Gasteiger partial charge in [-0.1, -0.05) is 17.3 Å². The predicted molar refractivity (Wildman–Crippen MR) is 50.7 cm³/mol. The Hall–Kier alpha value is -1.29. The number of thioether (sulfide) groups is 1. The molecule has 0 saturated heterocycles. The summed E-state index contributed by atoms with van der Waals surface area (Å²) in [6.45, 7) is 0. The summed E-state index contributed by atoms with van der Waals surface area (Å²) in [6, 6.07) is 7.33. The molecule has 0 bridgehead atoms. The summed E-state index contributed by atoms with van der Waals surface area (Å²) >= 11 is 1.51. The van der Waals surface area contributed by atoms with E-state index in [0.29, 0.717) is 11.3 Å². The molecule has 0 atom stereocenters. The van der Waals surface area contributed by atoms with Crippen molar-refractivity contribution in [3.05, 3.63) is 29.8 Å². The molecule has 0 radical (unpaired) electrons. The fourth-order valence-corrected chi connectivity index (χ4v) is 2.19. The zero-order valence-corrected chi connectivity index (χ0v) is 7.54. The molecule has 0 fully saturated rings. The highest BCUT2D eigenvalue weighted by molar-refractivity contribution is 8.00. The van der Waals surface area contributed by atoms with Gasteiger partial charge >= 0.3 is 0 Å². The summed E-state index contributed by atoms with van der Waals surface area (Å²) in [4.78, 5) is 12.5. The van der Waals surface area contributed by atoms with Gasteiger partial charge in [-0.3, -0.25) is 4.79 Å². The highest BCUT2D eigenvalue weighted by Crippen LogP contribution is 2.28. The van der Waals surface area contributed by atoms with E-state index in [4.69, 9.17) is 5.21 Å². The van der Waals surface area contributed by atoms with Crippen LogP contribution in [0.15, 0.2) is 34.3 Å². The van der Waals surface area contributed by atoms with Crippen LogP contribution in [0.3, 0.4) is 0 Å². The van der Waals surface area contributed by atoms with Crippen LogP contribution in [-0.4, -0.2) is 22.5 Å². The zero-order chi connectivity index (χ0) is 9.26. The molecule has 4 heteroatoms. The van der Waals surface area contributed by atoms with Gasteiger partial charge in [-0.25, -0.2) is 0 Å². The molecule has 1 heterocycles. The van der Waals surface area contributed by atoms with E-state index in [1.165, 1.54) is 11.8 Å². The van der Waals surface area contributed by atoms with E-state index in [2.05, 4.69) is 5.16 Å². The summed E-state index contributed by atoms with van der Waals surface area (Å²) < 4.78 is 0. The summed E-state index contributed by atoms with van der Waals surface area (Å²) in [5, 5.41) is 11.5. The van der Waals surface area contributed by atoms with Gasteiger partial charge in [0.25, 0.3) is 0 Å². The van der Waals surface area contributed by atoms with Crippen molar-refractivity contribution < 1.29 is 10.0 Å². The van der Waals surface area contributed by atoms with Crippen LogP contribution < -0.4 is 0 Å². The lowest BCUT2D eigenvalue weighted by atomic mass is 10.1. The lowest BCUT2D eigenvalue weighted by molar-refractivity contribution is 0.105. The molecule has 1 aliphatic rings. The number of hydrogen-bond donors (Lipinski definition) is 1. The normalized spacial score (nSPS) is 18.8. The van der Waals surface area contributed by atoms with E-state index in [-0.39, 0.29) is 11.5 Å². The summed E-state index contributed by atoms with van der Waals surface area (Å²) in [5.74, 6) is 0.281. The van der Waals surface area contributed by atoms with Gasteiger partial charge in [0, 0.05) is 16.2 Å². The van der Waals surface area contributed by atoms with Crippen LogP contribution in [0.2, 0.25) is 0 Å². The first-order valence-electron chi connectivity index (χ1n) is 3.80. The van der Waals surface area contributed by atoms with Crippen molar-refractivity contribution in [3.63, 3.8) is 0 Å². The Labute approximate surface area is 79.4 Å². The minimum atomic E-state index is -0.170. The van der Waals surface area contributed by atoms with Gasteiger partial charge in [-0.15, -0.1) is 11.8 Å². The maximum Gasteiger partial charge on any atom is 0.212 e. The Morgan fingerprint density at radius 2 is 2.15 bits per heavy atom. The van der Waals surface area contributed by atoms with Gasteiger partial charge in [0.05, 0.1) is 0 Å². The third-order valence-corrected chi connectivity index (χ3v) is 2.96. The molecule has 2 rings (SSSR count). The first-order valence-corrected chi connectivity index (χ1v) is 4.79. The number of carbonyl (C=O) groups is 1. The topological polar surface area (TPSA) is 49.7 Å². The lowest BCUT2D eigenvalue weighted by Gasteiger charge is -2.13. The third kappa shape index (κ3) is 1.33. The van der Waals surface area contributed by atoms with Crippen molar-refractivity contribution in [1.82, 2.24) is 0 Å². The zero-order valence-electron chi connectivity index (χ0n) is 6.73. The maximum absolute atomic E-state index is 11.5. The number of benzene rings is 1. The minimum Gasteiger partial charge on any atom is -0.411 e. The number of carbonyl (C=O) groups excluding carboxylic acids is 1. The molecule has 0 aromatic heterocycles. The maximum atomic E-state index is 11.5. The van der Waals surface area contributed by atoms with E-state index < -0.39 is 0 Å². The molecule has 13 heavy (non-hydrogen) atoms. The number of Topliss-reactive ketones (excluding diaryl/α,β-unsaturated/α-hetero) is 1. The number of hydrogen-bond acceptors (Lipinski definition) is 4. The predicted octanol–water partition coefficient (Wildman–Crippen LogP) is 1.81. The summed E-state index contributed by atoms with van der Waals surface area (Å²) in [6.07, 6.45) is 0. The average Bonchev–Trinajstić information content (AvgIpc) is 2.19. The van der Waals surface area contributed by atoms with Crippen LogP contribution in [0, 0.1) is 0 Å². The highest BCUT2D eigenvalue weighted by Gasteiger charge is 2.23. The quantitative estimate of drug-likeness (QED) is 0.505. The van der Waals surface area contributed by atoms with Gasteiger partial charge in [0.2, 0.25) is 5.78 Å². The Bertz CT molecular complexity index is 387. The van der Waals surface area contributed by atoms with Crippen molar-refractivity contribution in [1.29, 1.82) is 0 Å². The summed E-state index contributed by atoms with van der Waals surface area (Å²) in [7, 11) is 0. The Morgan fingerprint density at radius 3 is 2.92 bits per heavy atom. The molecule has 0 aliphatic carbocycles. The van der Waals surface area contributed by atoms with Crippen LogP contribution in [0.4, 0.5) is 0 Å². The van der Waals surface area contributed by atoms with Crippen molar-refractivity contribution in [3.8, 4) is 0 Å². The van der Waals surface area contributed by atoms with E-state index >= 15 is 0 Å². The van der Waals surface area contributed by atoms with Crippen LogP contribution >= 0.6 is 11.8 Å². The second kappa shape index (κ2) is 3.22. The average molecular weight is 193 g/mol. The molecule has 0 unspecified atom stereocenters. The monoisotopic (exact) mass is 193 g/mol. The first kappa shape index (κ1) is 8.31.